The Kier molecular flexibility index (Phi) is 8.57. The molecule has 1 aliphatic heterocycles. The van der Waals surface area contributed by atoms with Crippen LogP contribution >= 0.6 is 0 Å². The first kappa shape index (κ1) is 22.1. The van der Waals surface area contributed by atoms with Crippen LogP contribution < -0.4 is 0 Å². The lowest BCUT2D eigenvalue weighted by atomic mass is 10.2. The van der Waals surface area contributed by atoms with Crippen LogP contribution in [0.25, 0.3) is 0 Å². The van der Waals surface area contributed by atoms with Gasteiger partial charge in [0.25, 0.3) is 0 Å². The quantitative estimate of drug-likeness (QED) is 0.335. The molecule has 1 saturated heterocycles. The number of hydrogen-bond acceptors (Lipinski definition) is 5. The highest BCUT2D eigenvalue weighted by Crippen LogP contribution is 2.37. The zero-order chi connectivity index (χ0) is 19.1. The second-order valence-electron chi connectivity index (χ2n) is 8.19. The molecule has 146 valence electrons. The molecule has 0 aliphatic carbocycles. The fourth-order valence-corrected chi connectivity index (χ4v) is 3.54. The molecule has 0 aromatic carbocycles. The van der Waals surface area contributed by atoms with E-state index in [4.69, 9.17) is 9.16 Å². The maximum atomic E-state index is 12.1. The number of carbonyl (C=O) groups excluding carboxylic acids is 2. The summed E-state index contributed by atoms with van der Waals surface area (Å²) >= 11 is 0. The third-order valence-corrected chi connectivity index (χ3v) is 9.78. The number of methoxy groups -OCH3 is 1. The van der Waals surface area contributed by atoms with Crippen molar-refractivity contribution in [1.82, 2.24) is 4.90 Å². The van der Waals surface area contributed by atoms with E-state index in [2.05, 4.69) is 38.6 Å². The molecule has 1 rings (SSSR count). The summed E-state index contributed by atoms with van der Waals surface area (Å²) in [6.07, 6.45) is 3.18. The average Bonchev–Trinajstić information content (AvgIpc) is 2.87. The Morgan fingerprint density at radius 2 is 1.96 bits per heavy atom. The van der Waals surface area contributed by atoms with Crippen LogP contribution in [-0.4, -0.2) is 64.6 Å². The monoisotopic (exact) mass is 373 g/mol. The van der Waals surface area contributed by atoms with Gasteiger partial charge in [0.2, 0.25) is 5.91 Å². The smallest absolute Gasteiger partial charge is 0.331 e. The molecule has 0 bridgehead atoms. The van der Waals surface area contributed by atoms with Gasteiger partial charge in [-0.1, -0.05) is 20.8 Å². The largest absolute Gasteiger partial charge is 0.467 e. The van der Waals surface area contributed by atoms with E-state index < -0.39 is 8.32 Å². The van der Waals surface area contributed by atoms with Gasteiger partial charge in [-0.25, -0.2) is 4.79 Å². The van der Waals surface area contributed by atoms with Crippen LogP contribution in [0, 0.1) is 0 Å². The van der Waals surface area contributed by atoms with Crippen molar-refractivity contribution < 1.29 is 23.5 Å². The lowest BCUT2D eigenvalue weighted by Crippen LogP contribution is -2.45. The van der Waals surface area contributed by atoms with Gasteiger partial charge < -0.3 is 18.8 Å². The zero-order valence-electron chi connectivity index (χ0n) is 16.7. The molecule has 0 saturated carbocycles. The minimum absolute atomic E-state index is 0.0118. The number of ether oxygens (including phenoxy) is 2. The fourth-order valence-electron chi connectivity index (χ4n) is 2.50. The van der Waals surface area contributed by atoms with Gasteiger partial charge in [0.1, 0.15) is 6.61 Å². The summed E-state index contributed by atoms with van der Waals surface area (Å²) in [6, 6.07) is 0.192. The Hall–Kier alpha value is -0.923. The summed E-state index contributed by atoms with van der Waals surface area (Å²) in [5.41, 5.74) is 0. The predicted molar refractivity (Wildman–Crippen MR) is 100.0 cm³/mol. The Bertz CT molecular complexity index is 447. The summed E-state index contributed by atoms with van der Waals surface area (Å²) in [4.78, 5) is 25.1. The van der Waals surface area contributed by atoms with Crippen LogP contribution in [0.2, 0.25) is 18.1 Å². The summed E-state index contributed by atoms with van der Waals surface area (Å²) < 4.78 is 16.1. The third-order valence-electron chi connectivity index (χ3n) is 5.28. The molecule has 1 fully saturated rings. The van der Waals surface area contributed by atoms with Gasteiger partial charge in [-0.05, 0) is 37.4 Å². The number of hydrogen-bond donors (Lipinski definition) is 0. The molecule has 25 heavy (non-hydrogen) atoms. The number of unbranched alkanes of at least 4 members (excludes halogenated alkanes) is 1. The van der Waals surface area contributed by atoms with E-state index in [-0.39, 0.29) is 29.6 Å². The van der Waals surface area contributed by atoms with Crippen LogP contribution in [0.15, 0.2) is 0 Å². The summed E-state index contributed by atoms with van der Waals surface area (Å²) in [5, 5.41) is 0.178. The predicted octanol–water partition coefficient (Wildman–Crippen LogP) is 2.97. The highest BCUT2D eigenvalue weighted by molar-refractivity contribution is 6.74. The van der Waals surface area contributed by atoms with Crippen LogP contribution in [0.4, 0.5) is 0 Å². The van der Waals surface area contributed by atoms with Crippen molar-refractivity contribution >= 4 is 20.2 Å². The molecule has 1 aliphatic rings. The number of rotatable bonds is 10. The van der Waals surface area contributed by atoms with Crippen molar-refractivity contribution in [2.75, 3.05) is 33.5 Å². The number of amides is 1. The molecule has 0 N–H and O–H groups in total. The first-order valence-electron chi connectivity index (χ1n) is 9.16. The van der Waals surface area contributed by atoms with Crippen molar-refractivity contribution in [2.45, 2.75) is 70.6 Å². The topological polar surface area (TPSA) is 65.1 Å². The molecule has 0 unspecified atom stereocenters. The molecule has 7 heteroatoms. The number of nitrogens with zero attached hydrogens (tertiary/aromatic N) is 1. The van der Waals surface area contributed by atoms with Crippen LogP contribution in [0.3, 0.4) is 0 Å². The molecular weight excluding hydrogens is 338 g/mol. The van der Waals surface area contributed by atoms with Gasteiger partial charge >= 0.3 is 5.97 Å². The molecule has 6 nitrogen and oxygen atoms in total. The van der Waals surface area contributed by atoms with Gasteiger partial charge in [-0.2, -0.15) is 0 Å². The van der Waals surface area contributed by atoms with Crippen molar-refractivity contribution in [1.29, 1.82) is 0 Å². The number of esters is 1. The average molecular weight is 374 g/mol. The van der Waals surface area contributed by atoms with Crippen molar-refractivity contribution in [2.24, 2.45) is 0 Å². The van der Waals surface area contributed by atoms with E-state index in [1.807, 2.05) is 4.90 Å². The van der Waals surface area contributed by atoms with Crippen molar-refractivity contribution in [3.63, 3.8) is 0 Å². The molecule has 0 aromatic heterocycles. The molecular formula is C18H35NO5Si. The van der Waals surface area contributed by atoms with Gasteiger partial charge in [0, 0.05) is 19.6 Å². The van der Waals surface area contributed by atoms with E-state index in [1.54, 1.807) is 0 Å². The van der Waals surface area contributed by atoms with Crippen LogP contribution in [0.1, 0.15) is 46.5 Å². The lowest BCUT2D eigenvalue weighted by molar-refractivity contribution is -0.145. The Labute approximate surface area is 153 Å². The molecule has 1 heterocycles. The van der Waals surface area contributed by atoms with E-state index >= 15 is 0 Å². The Balaban J connectivity index is 2.34. The van der Waals surface area contributed by atoms with Gasteiger partial charge in [0.05, 0.1) is 19.8 Å². The maximum Gasteiger partial charge on any atom is 0.331 e. The highest BCUT2D eigenvalue weighted by atomic mass is 28.4. The highest BCUT2D eigenvalue weighted by Gasteiger charge is 2.39. The van der Waals surface area contributed by atoms with E-state index in [0.717, 1.165) is 25.8 Å². The SMILES string of the molecule is COC(=O)COCCCCN1C(=O)CC[C@@H]1CO[Si](C)(C)C(C)(C)C. The summed E-state index contributed by atoms with van der Waals surface area (Å²) in [6.45, 7) is 13.0. The minimum Gasteiger partial charge on any atom is -0.467 e. The van der Waals surface area contributed by atoms with Crippen LogP contribution in [0.5, 0.6) is 0 Å². The first-order chi connectivity index (χ1) is 11.6. The summed E-state index contributed by atoms with van der Waals surface area (Å²) in [7, 11) is -0.445. The van der Waals surface area contributed by atoms with E-state index in [0.29, 0.717) is 19.6 Å². The Morgan fingerprint density at radius 3 is 2.56 bits per heavy atom. The third kappa shape index (κ3) is 7.07. The first-order valence-corrected chi connectivity index (χ1v) is 12.1. The minimum atomic E-state index is -1.79. The molecule has 0 spiro atoms. The van der Waals surface area contributed by atoms with Gasteiger partial charge in [-0.3, -0.25) is 4.79 Å². The van der Waals surface area contributed by atoms with E-state index in [1.165, 1.54) is 7.11 Å². The lowest BCUT2D eigenvalue weighted by Gasteiger charge is -2.38. The molecule has 1 atom stereocenters. The van der Waals surface area contributed by atoms with Crippen molar-refractivity contribution in [3.05, 3.63) is 0 Å². The standard InChI is InChI=1S/C18H35NO5Si/c1-18(2,3)25(5,6)24-13-15-9-10-16(20)19(15)11-7-8-12-23-14-17(21)22-4/h15H,7-14H2,1-6H3/t15-/m1/s1. The number of carbonyl (C=O) groups is 2. The molecule has 0 radical (unpaired) electrons. The van der Waals surface area contributed by atoms with Crippen LogP contribution in [-0.2, 0) is 23.5 Å². The summed E-state index contributed by atoms with van der Waals surface area (Å²) in [5.74, 6) is -0.142. The van der Waals surface area contributed by atoms with E-state index in [9.17, 15) is 9.59 Å². The van der Waals surface area contributed by atoms with Crippen molar-refractivity contribution in [3.8, 4) is 0 Å². The second kappa shape index (κ2) is 9.69. The fraction of sp³-hybridized carbons (Fsp3) is 0.889. The maximum absolute atomic E-state index is 12.1. The normalized spacial score (nSPS) is 18.7. The van der Waals surface area contributed by atoms with Gasteiger partial charge in [0.15, 0.2) is 8.32 Å². The number of likely N-dealkylation sites (tertiary alicyclic amines) is 1. The Morgan fingerprint density at radius 1 is 1.28 bits per heavy atom. The second-order valence-corrected chi connectivity index (χ2v) is 13.0. The molecule has 1 amide bonds. The van der Waals surface area contributed by atoms with Gasteiger partial charge in [-0.15, -0.1) is 0 Å². The molecule has 0 aromatic rings. The zero-order valence-corrected chi connectivity index (χ0v) is 17.7.